The van der Waals surface area contributed by atoms with E-state index in [-0.39, 0.29) is 6.10 Å². The van der Waals surface area contributed by atoms with E-state index in [4.69, 9.17) is 0 Å². The lowest BCUT2D eigenvalue weighted by molar-refractivity contribution is 0.166. The fourth-order valence-corrected chi connectivity index (χ4v) is 1.05. The normalized spacial score (nSPS) is 13.4. The first-order valence-corrected chi connectivity index (χ1v) is 3.90. The fraction of sp³-hybridized carbons (Fsp3) is 0.625. The largest absolute Gasteiger partial charge is 0.388 e. The molecule has 0 saturated carbocycles. The maximum Gasteiger partial charge on any atom is 0.0820 e. The third-order valence-corrected chi connectivity index (χ3v) is 1.67. The Hall–Kier alpha value is -0.830. The van der Waals surface area contributed by atoms with Crippen LogP contribution in [0.15, 0.2) is 12.4 Å². The first-order valence-electron chi connectivity index (χ1n) is 3.90. The average molecular weight is 154 g/mol. The van der Waals surface area contributed by atoms with Crippen molar-refractivity contribution in [1.29, 1.82) is 0 Å². The molecule has 0 unspecified atom stereocenters. The van der Waals surface area contributed by atoms with Gasteiger partial charge in [-0.3, -0.25) is 4.68 Å². The Morgan fingerprint density at radius 2 is 2.45 bits per heavy atom. The minimum absolute atomic E-state index is 0.339. The number of hydrogen-bond acceptors (Lipinski definition) is 2. The van der Waals surface area contributed by atoms with Gasteiger partial charge in [0.1, 0.15) is 0 Å². The van der Waals surface area contributed by atoms with E-state index in [1.807, 2.05) is 13.2 Å². The van der Waals surface area contributed by atoms with Crippen molar-refractivity contribution in [3.05, 3.63) is 18.0 Å². The summed E-state index contributed by atoms with van der Waals surface area (Å²) in [7, 11) is 1.85. The Kier molecular flexibility index (Phi) is 2.65. The molecule has 0 aliphatic carbocycles. The Labute approximate surface area is 66.7 Å². The molecular weight excluding hydrogens is 140 g/mol. The van der Waals surface area contributed by atoms with Gasteiger partial charge in [-0.2, -0.15) is 5.10 Å². The maximum atomic E-state index is 9.48. The molecule has 0 spiro atoms. The highest BCUT2D eigenvalue weighted by Crippen LogP contribution is 2.16. The zero-order valence-corrected chi connectivity index (χ0v) is 6.99. The van der Waals surface area contributed by atoms with Gasteiger partial charge in [-0.1, -0.05) is 13.3 Å². The molecule has 62 valence electrons. The summed E-state index contributed by atoms with van der Waals surface area (Å²) in [6.07, 6.45) is 5.02. The summed E-state index contributed by atoms with van der Waals surface area (Å²) >= 11 is 0. The molecule has 1 heterocycles. The predicted octanol–water partition coefficient (Wildman–Crippen LogP) is 1.25. The highest BCUT2D eigenvalue weighted by atomic mass is 16.3. The van der Waals surface area contributed by atoms with Crippen molar-refractivity contribution in [3.63, 3.8) is 0 Å². The van der Waals surface area contributed by atoms with Crippen LogP contribution in [-0.4, -0.2) is 14.9 Å². The van der Waals surface area contributed by atoms with Gasteiger partial charge in [0.05, 0.1) is 12.3 Å². The molecule has 1 aromatic rings. The molecule has 0 aliphatic rings. The Balaban J connectivity index is 2.60. The van der Waals surface area contributed by atoms with Crippen LogP contribution in [0.5, 0.6) is 0 Å². The van der Waals surface area contributed by atoms with Gasteiger partial charge in [-0.05, 0) is 6.42 Å². The molecule has 3 nitrogen and oxygen atoms in total. The van der Waals surface area contributed by atoms with Crippen LogP contribution in [0.2, 0.25) is 0 Å². The van der Waals surface area contributed by atoms with Crippen LogP contribution in [0.25, 0.3) is 0 Å². The van der Waals surface area contributed by atoms with Crippen molar-refractivity contribution in [2.45, 2.75) is 25.9 Å². The van der Waals surface area contributed by atoms with E-state index in [9.17, 15) is 5.11 Å². The molecule has 1 aromatic heterocycles. The van der Waals surface area contributed by atoms with Crippen LogP contribution in [0.3, 0.4) is 0 Å². The molecule has 0 saturated heterocycles. The maximum absolute atomic E-state index is 9.48. The summed E-state index contributed by atoms with van der Waals surface area (Å²) in [4.78, 5) is 0. The average Bonchev–Trinajstić information content (AvgIpc) is 2.36. The monoisotopic (exact) mass is 154 g/mol. The molecule has 1 rings (SSSR count). The fourth-order valence-electron chi connectivity index (χ4n) is 1.05. The van der Waals surface area contributed by atoms with Gasteiger partial charge < -0.3 is 5.11 Å². The van der Waals surface area contributed by atoms with E-state index in [1.165, 1.54) is 0 Å². The highest BCUT2D eigenvalue weighted by Gasteiger charge is 2.06. The number of aryl methyl sites for hydroxylation is 1. The zero-order chi connectivity index (χ0) is 8.27. The third-order valence-electron chi connectivity index (χ3n) is 1.67. The van der Waals surface area contributed by atoms with Gasteiger partial charge in [-0.25, -0.2) is 0 Å². The van der Waals surface area contributed by atoms with Gasteiger partial charge >= 0.3 is 0 Å². The second-order valence-electron chi connectivity index (χ2n) is 2.75. The van der Waals surface area contributed by atoms with E-state index < -0.39 is 0 Å². The number of aliphatic hydroxyl groups is 1. The topological polar surface area (TPSA) is 38.1 Å². The van der Waals surface area contributed by atoms with E-state index in [1.54, 1.807) is 10.9 Å². The van der Waals surface area contributed by atoms with Crippen LogP contribution in [0.4, 0.5) is 0 Å². The Morgan fingerprint density at radius 1 is 1.73 bits per heavy atom. The second kappa shape index (κ2) is 3.53. The molecule has 0 aromatic carbocycles. The highest BCUT2D eigenvalue weighted by molar-refractivity contribution is 5.07. The van der Waals surface area contributed by atoms with Crippen molar-refractivity contribution in [2.75, 3.05) is 0 Å². The van der Waals surface area contributed by atoms with Crippen molar-refractivity contribution in [2.24, 2.45) is 7.05 Å². The summed E-state index contributed by atoms with van der Waals surface area (Å²) in [6, 6.07) is 0. The Bertz CT molecular complexity index is 220. The lowest BCUT2D eigenvalue weighted by Crippen LogP contribution is -1.94. The molecule has 1 N–H and O–H groups in total. The van der Waals surface area contributed by atoms with Crippen LogP contribution in [0, 0.1) is 0 Å². The lowest BCUT2D eigenvalue weighted by Gasteiger charge is -2.04. The molecule has 0 amide bonds. The number of aromatic nitrogens is 2. The van der Waals surface area contributed by atoms with Crippen LogP contribution in [-0.2, 0) is 7.05 Å². The summed E-state index contributed by atoms with van der Waals surface area (Å²) in [6.45, 7) is 2.06. The van der Waals surface area contributed by atoms with Crippen LogP contribution in [0.1, 0.15) is 31.4 Å². The van der Waals surface area contributed by atoms with Crippen molar-refractivity contribution >= 4 is 0 Å². The van der Waals surface area contributed by atoms with E-state index in [0.29, 0.717) is 0 Å². The van der Waals surface area contributed by atoms with E-state index >= 15 is 0 Å². The van der Waals surface area contributed by atoms with Gasteiger partial charge in [0, 0.05) is 18.8 Å². The summed E-state index contributed by atoms with van der Waals surface area (Å²) < 4.78 is 1.70. The van der Waals surface area contributed by atoms with Gasteiger partial charge in [0.2, 0.25) is 0 Å². The van der Waals surface area contributed by atoms with Crippen LogP contribution >= 0.6 is 0 Å². The molecule has 0 bridgehead atoms. The number of rotatable bonds is 3. The first-order chi connectivity index (χ1) is 5.24. The molecular formula is C8H14N2O. The van der Waals surface area contributed by atoms with Crippen molar-refractivity contribution in [3.8, 4) is 0 Å². The molecule has 3 heteroatoms. The van der Waals surface area contributed by atoms with Gasteiger partial charge in [-0.15, -0.1) is 0 Å². The summed E-state index contributed by atoms with van der Waals surface area (Å²) in [5.74, 6) is 0. The lowest BCUT2D eigenvalue weighted by atomic mass is 10.1. The van der Waals surface area contributed by atoms with Gasteiger partial charge in [0.25, 0.3) is 0 Å². The zero-order valence-electron chi connectivity index (χ0n) is 6.99. The first kappa shape index (κ1) is 8.27. The van der Waals surface area contributed by atoms with Crippen molar-refractivity contribution in [1.82, 2.24) is 9.78 Å². The standard InChI is InChI=1S/C8H14N2O/c1-3-4-8(11)7-5-9-10(2)6-7/h5-6,8,11H,3-4H2,1-2H3/t8-/m0/s1. The number of nitrogens with zero attached hydrogens (tertiary/aromatic N) is 2. The minimum atomic E-state index is -0.339. The SMILES string of the molecule is CCC[C@H](O)c1cnn(C)c1. The van der Waals surface area contributed by atoms with E-state index in [0.717, 1.165) is 18.4 Å². The number of aliphatic hydroxyl groups excluding tert-OH is 1. The second-order valence-corrected chi connectivity index (χ2v) is 2.75. The number of hydrogen-bond donors (Lipinski definition) is 1. The minimum Gasteiger partial charge on any atom is -0.388 e. The van der Waals surface area contributed by atoms with Crippen LogP contribution < -0.4 is 0 Å². The summed E-state index contributed by atoms with van der Waals surface area (Å²) in [5, 5.41) is 13.5. The predicted molar refractivity (Wildman–Crippen MR) is 43.1 cm³/mol. The van der Waals surface area contributed by atoms with E-state index in [2.05, 4.69) is 12.0 Å². The quantitative estimate of drug-likeness (QED) is 0.711. The molecule has 0 radical (unpaired) electrons. The summed E-state index contributed by atoms with van der Waals surface area (Å²) in [5.41, 5.74) is 0.911. The van der Waals surface area contributed by atoms with Crippen molar-refractivity contribution < 1.29 is 5.11 Å². The molecule has 11 heavy (non-hydrogen) atoms. The Morgan fingerprint density at radius 3 is 2.91 bits per heavy atom. The molecule has 0 aliphatic heterocycles. The molecule has 1 atom stereocenters. The third kappa shape index (κ3) is 2.05. The smallest absolute Gasteiger partial charge is 0.0820 e. The molecule has 0 fully saturated rings. The van der Waals surface area contributed by atoms with Gasteiger partial charge in [0.15, 0.2) is 0 Å².